The molecule has 11 nitrogen and oxygen atoms in total. The average molecular weight is 520 g/mol. The minimum atomic E-state index is -4.12. The summed E-state index contributed by atoms with van der Waals surface area (Å²) in [5.74, 6) is -0.295. The fourth-order valence-electron chi connectivity index (χ4n) is 3.36. The number of carbonyl (C=O) groups is 2. The first-order chi connectivity index (χ1) is 16.7. The fraction of sp³-hybridized carbons (Fsp3) is 0.136. The van der Waals surface area contributed by atoms with Crippen molar-refractivity contribution in [1.29, 1.82) is 0 Å². The first-order valence-electron chi connectivity index (χ1n) is 10.0. The molecule has 0 bridgehead atoms. The number of nitrogens with zero attached hydrogens (tertiary/aromatic N) is 2. The second-order valence-corrected chi connectivity index (χ2v) is 9.38. The van der Waals surface area contributed by atoms with Gasteiger partial charge in [-0.1, -0.05) is 11.6 Å². The van der Waals surface area contributed by atoms with E-state index in [-0.39, 0.29) is 57.4 Å². The molecule has 0 atom stereocenters. The second-order valence-electron chi connectivity index (χ2n) is 7.11. The number of carboxylic acid groups (broad SMARTS) is 1. The van der Waals surface area contributed by atoms with Crippen LogP contribution in [0.4, 0.5) is 16.2 Å². The average Bonchev–Trinajstić information content (AvgIpc) is 2.84. The van der Waals surface area contributed by atoms with Crippen molar-refractivity contribution in [2.45, 2.75) is 4.90 Å². The van der Waals surface area contributed by atoms with E-state index < -0.39 is 22.1 Å². The molecule has 0 fully saturated rings. The molecule has 0 unspecified atom stereocenters. The molecule has 2 aromatic carbocycles. The standard InChI is InChI=1S/C22H18ClN3O8S/c1-32-18-6-3-14(23)11-19(18)35(30,31)26-8-9-33-17-5-2-13(10-16(17)26)21(27)25-15-4-7-20(24-12-15)34-22(28)29/h2-7,10-12H,8-9H2,1H3,(H,25,27)(H,28,29). The van der Waals surface area contributed by atoms with Crippen molar-refractivity contribution >= 4 is 45.1 Å². The number of methoxy groups -OCH3 is 1. The summed E-state index contributed by atoms with van der Waals surface area (Å²) in [5, 5.41) is 11.4. The SMILES string of the molecule is COc1ccc(Cl)cc1S(=O)(=O)N1CCOc2ccc(C(=O)Nc3ccc(OC(=O)O)nc3)cc21. The van der Waals surface area contributed by atoms with Gasteiger partial charge in [-0.2, -0.15) is 0 Å². The van der Waals surface area contributed by atoms with Crippen LogP contribution in [-0.2, 0) is 10.0 Å². The molecule has 13 heteroatoms. The van der Waals surface area contributed by atoms with Gasteiger partial charge < -0.3 is 24.6 Å². The summed E-state index contributed by atoms with van der Waals surface area (Å²) in [6, 6.07) is 11.3. The van der Waals surface area contributed by atoms with Gasteiger partial charge in [-0.25, -0.2) is 18.2 Å². The third kappa shape index (κ3) is 5.08. The Morgan fingerprint density at radius 2 is 1.97 bits per heavy atom. The third-order valence-corrected chi connectivity index (χ3v) is 6.99. The van der Waals surface area contributed by atoms with E-state index >= 15 is 0 Å². The van der Waals surface area contributed by atoms with Gasteiger partial charge in [0.25, 0.3) is 15.9 Å². The van der Waals surface area contributed by atoms with Gasteiger partial charge in [0.2, 0.25) is 5.88 Å². The summed E-state index contributed by atoms with van der Waals surface area (Å²) >= 11 is 6.04. The van der Waals surface area contributed by atoms with Gasteiger partial charge in [-0.3, -0.25) is 9.10 Å². The van der Waals surface area contributed by atoms with E-state index in [9.17, 15) is 18.0 Å². The Morgan fingerprint density at radius 1 is 1.17 bits per heavy atom. The molecular formula is C22H18ClN3O8S. The van der Waals surface area contributed by atoms with Crippen LogP contribution in [0.25, 0.3) is 0 Å². The Bertz CT molecular complexity index is 1400. The Balaban J connectivity index is 1.63. The largest absolute Gasteiger partial charge is 0.512 e. The zero-order valence-electron chi connectivity index (χ0n) is 18.1. The Morgan fingerprint density at radius 3 is 2.66 bits per heavy atom. The van der Waals surface area contributed by atoms with Crippen molar-refractivity contribution in [2.75, 3.05) is 29.9 Å². The van der Waals surface area contributed by atoms with Gasteiger partial charge in [-0.15, -0.1) is 0 Å². The molecule has 1 aromatic heterocycles. The smallest absolute Gasteiger partial charge is 0.495 e. The van der Waals surface area contributed by atoms with Crippen LogP contribution < -0.4 is 23.8 Å². The Kier molecular flexibility index (Phi) is 6.67. The highest BCUT2D eigenvalue weighted by Gasteiger charge is 2.33. The van der Waals surface area contributed by atoms with E-state index in [2.05, 4.69) is 15.0 Å². The second kappa shape index (κ2) is 9.68. The molecule has 3 aromatic rings. The van der Waals surface area contributed by atoms with E-state index in [4.69, 9.17) is 26.2 Å². The van der Waals surface area contributed by atoms with E-state index in [0.29, 0.717) is 0 Å². The quantitative estimate of drug-likeness (QED) is 0.466. The van der Waals surface area contributed by atoms with Crippen LogP contribution in [0.15, 0.2) is 59.6 Å². The number of halogens is 1. The van der Waals surface area contributed by atoms with E-state index in [0.717, 1.165) is 4.31 Å². The maximum absolute atomic E-state index is 13.5. The molecule has 35 heavy (non-hydrogen) atoms. The van der Waals surface area contributed by atoms with Gasteiger partial charge >= 0.3 is 6.16 Å². The normalized spacial score (nSPS) is 12.8. The number of sulfonamides is 1. The monoisotopic (exact) mass is 519 g/mol. The predicted octanol–water partition coefficient (Wildman–Crippen LogP) is 3.64. The lowest BCUT2D eigenvalue weighted by molar-refractivity contribution is 0.102. The van der Waals surface area contributed by atoms with E-state index in [1.165, 1.54) is 61.8 Å². The van der Waals surface area contributed by atoms with E-state index in [1.807, 2.05) is 0 Å². The highest BCUT2D eigenvalue weighted by molar-refractivity contribution is 7.93. The molecule has 1 amide bonds. The summed E-state index contributed by atoms with van der Waals surface area (Å²) in [4.78, 5) is 27.1. The summed E-state index contributed by atoms with van der Waals surface area (Å²) < 4.78 is 43.4. The van der Waals surface area contributed by atoms with Crippen molar-refractivity contribution in [1.82, 2.24) is 4.98 Å². The summed E-state index contributed by atoms with van der Waals surface area (Å²) in [5.41, 5.74) is 0.600. The molecule has 1 aliphatic rings. The van der Waals surface area contributed by atoms with Crippen LogP contribution in [0.3, 0.4) is 0 Å². The number of rotatable bonds is 6. The maximum Gasteiger partial charge on any atom is 0.512 e. The number of ether oxygens (including phenoxy) is 3. The fourth-order valence-corrected chi connectivity index (χ4v) is 5.23. The number of amides is 1. The topological polar surface area (TPSA) is 144 Å². The van der Waals surface area contributed by atoms with Crippen LogP contribution in [-0.4, -0.2) is 50.8 Å². The van der Waals surface area contributed by atoms with Gasteiger partial charge in [0.1, 0.15) is 23.0 Å². The van der Waals surface area contributed by atoms with Crippen LogP contribution in [0.5, 0.6) is 17.4 Å². The number of anilines is 2. The van der Waals surface area contributed by atoms with E-state index in [1.54, 1.807) is 0 Å². The highest BCUT2D eigenvalue weighted by Crippen LogP contribution is 2.38. The first-order valence-corrected chi connectivity index (χ1v) is 11.8. The summed E-state index contributed by atoms with van der Waals surface area (Å²) in [6.45, 7) is 0.113. The highest BCUT2D eigenvalue weighted by atomic mass is 35.5. The van der Waals surface area contributed by atoms with Gasteiger partial charge in [0, 0.05) is 16.7 Å². The lowest BCUT2D eigenvalue weighted by Crippen LogP contribution is -2.38. The van der Waals surface area contributed by atoms with Crippen LogP contribution in [0.2, 0.25) is 5.02 Å². The Labute approximate surface area is 204 Å². The number of carbonyl (C=O) groups excluding carboxylic acids is 1. The summed E-state index contributed by atoms with van der Waals surface area (Å²) in [7, 11) is -2.76. The molecule has 0 radical (unpaired) electrons. The number of benzene rings is 2. The summed E-state index contributed by atoms with van der Waals surface area (Å²) in [6.07, 6.45) is -0.291. The van der Waals surface area contributed by atoms with Crippen molar-refractivity contribution < 1.29 is 37.3 Å². The maximum atomic E-state index is 13.5. The molecule has 0 spiro atoms. The lowest BCUT2D eigenvalue weighted by atomic mass is 10.1. The zero-order valence-corrected chi connectivity index (χ0v) is 19.7. The first kappa shape index (κ1) is 24.1. The molecule has 0 saturated carbocycles. The van der Waals surface area contributed by atoms with Crippen molar-refractivity contribution in [2.24, 2.45) is 0 Å². The molecular weight excluding hydrogens is 502 g/mol. The lowest BCUT2D eigenvalue weighted by Gasteiger charge is -2.31. The number of hydrogen-bond acceptors (Lipinski definition) is 8. The minimum Gasteiger partial charge on any atom is -0.495 e. The molecule has 182 valence electrons. The molecule has 0 saturated heterocycles. The predicted molar refractivity (Wildman–Crippen MR) is 125 cm³/mol. The number of aromatic nitrogens is 1. The number of hydrogen-bond donors (Lipinski definition) is 2. The Hall–Kier alpha value is -4.03. The molecule has 2 heterocycles. The third-order valence-electron chi connectivity index (χ3n) is 4.92. The minimum absolute atomic E-state index is 0.00499. The zero-order chi connectivity index (χ0) is 25.2. The molecule has 2 N–H and O–H groups in total. The number of nitrogens with one attached hydrogen (secondary N) is 1. The van der Waals surface area contributed by atoms with Gasteiger partial charge in [-0.05, 0) is 42.5 Å². The number of fused-ring (bicyclic) bond motifs is 1. The van der Waals surface area contributed by atoms with Gasteiger partial charge in [0.15, 0.2) is 0 Å². The van der Waals surface area contributed by atoms with Gasteiger partial charge in [0.05, 0.1) is 31.2 Å². The molecule has 0 aliphatic carbocycles. The van der Waals surface area contributed by atoms with Crippen LogP contribution in [0.1, 0.15) is 10.4 Å². The molecule has 4 rings (SSSR count). The van der Waals surface area contributed by atoms with Crippen LogP contribution >= 0.6 is 11.6 Å². The van der Waals surface area contributed by atoms with Crippen molar-refractivity contribution in [3.63, 3.8) is 0 Å². The van der Waals surface area contributed by atoms with Crippen molar-refractivity contribution in [3.8, 4) is 17.4 Å². The van der Waals surface area contributed by atoms with Crippen molar-refractivity contribution in [3.05, 3.63) is 65.3 Å². The number of pyridine rings is 1. The van der Waals surface area contributed by atoms with Crippen LogP contribution in [0, 0.1) is 0 Å². The molecule has 1 aliphatic heterocycles.